The fourth-order valence-corrected chi connectivity index (χ4v) is 3.22. The summed E-state index contributed by atoms with van der Waals surface area (Å²) in [6.45, 7) is 2.84. The first-order valence-electron chi connectivity index (χ1n) is 9.28. The highest BCUT2D eigenvalue weighted by atomic mass is 16.1. The molecule has 0 spiro atoms. The maximum Gasteiger partial charge on any atom is 0.230 e. The standard InChI is InChI=1S/C23H22N4O/c1-16-6-2-3-7-17(16)13-24-19-10-11-22(26-15-19)27-23(28)12-18-14-25-21-9-5-4-8-20(18)21/h2-11,14-15,24-25H,12-13H2,1H3,(H,26,27,28). The van der Waals surface area contributed by atoms with E-state index >= 15 is 0 Å². The Morgan fingerprint density at radius 3 is 2.64 bits per heavy atom. The normalized spacial score (nSPS) is 10.8. The van der Waals surface area contributed by atoms with Gasteiger partial charge in [0.2, 0.25) is 5.91 Å². The molecule has 0 radical (unpaired) electrons. The molecule has 5 nitrogen and oxygen atoms in total. The number of benzene rings is 2. The second-order valence-electron chi connectivity index (χ2n) is 6.80. The molecule has 0 saturated heterocycles. The van der Waals surface area contributed by atoms with Crippen molar-refractivity contribution in [2.75, 3.05) is 10.6 Å². The molecule has 0 aliphatic carbocycles. The summed E-state index contributed by atoms with van der Waals surface area (Å²) in [7, 11) is 0. The van der Waals surface area contributed by atoms with Gasteiger partial charge < -0.3 is 15.6 Å². The maximum absolute atomic E-state index is 12.4. The molecule has 0 aliphatic heterocycles. The Kier molecular flexibility index (Phi) is 5.06. The van der Waals surface area contributed by atoms with Gasteiger partial charge in [-0.05, 0) is 41.8 Å². The minimum Gasteiger partial charge on any atom is -0.380 e. The minimum atomic E-state index is -0.0853. The number of carbonyl (C=O) groups is 1. The zero-order valence-corrected chi connectivity index (χ0v) is 15.7. The minimum absolute atomic E-state index is 0.0853. The fraction of sp³-hybridized carbons (Fsp3) is 0.130. The van der Waals surface area contributed by atoms with Crippen molar-refractivity contribution in [2.24, 2.45) is 0 Å². The van der Waals surface area contributed by atoms with Crippen LogP contribution in [0.1, 0.15) is 16.7 Å². The molecule has 3 N–H and O–H groups in total. The number of carbonyl (C=O) groups excluding carboxylic acids is 1. The van der Waals surface area contributed by atoms with E-state index < -0.39 is 0 Å². The number of aryl methyl sites for hydroxylation is 1. The number of hydrogen-bond donors (Lipinski definition) is 3. The van der Waals surface area contributed by atoms with Crippen LogP contribution in [0.5, 0.6) is 0 Å². The van der Waals surface area contributed by atoms with E-state index in [9.17, 15) is 4.79 Å². The molecule has 28 heavy (non-hydrogen) atoms. The molecule has 0 unspecified atom stereocenters. The van der Waals surface area contributed by atoms with Gasteiger partial charge >= 0.3 is 0 Å². The Morgan fingerprint density at radius 2 is 1.82 bits per heavy atom. The first-order valence-corrected chi connectivity index (χ1v) is 9.28. The number of nitrogens with one attached hydrogen (secondary N) is 3. The summed E-state index contributed by atoms with van der Waals surface area (Å²) in [4.78, 5) is 19.9. The van der Waals surface area contributed by atoms with Gasteiger partial charge in [0.15, 0.2) is 0 Å². The predicted molar refractivity (Wildman–Crippen MR) is 113 cm³/mol. The topological polar surface area (TPSA) is 69.8 Å². The summed E-state index contributed by atoms with van der Waals surface area (Å²) >= 11 is 0. The molecule has 2 heterocycles. The third-order valence-electron chi connectivity index (χ3n) is 4.80. The second kappa shape index (κ2) is 7.96. The van der Waals surface area contributed by atoms with Crippen molar-refractivity contribution in [2.45, 2.75) is 19.9 Å². The van der Waals surface area contributed by atoms with E-state index in [2.05, 4.69) is 39.7 Å². The van der Waals surface area contributed by atoms with E-state index in [4.69, 9.17) is 0 Å². The Balaban J connectivity index is 1.35. The summed E-state index contributed by atoms with van der Waals surface area (Å²) in [6.07, 6.45) is 3.93. The molecule has 1 amide bonds. The van der Waals surface area contributed by atoms with Crippen molar-refractivity contribution < 1.29 is 4.79 Å². The summed E-state index contributed by atoms with van der Waals surface area (Å²) in [5.74, 6) is 0.462. The van der Waals surface area contributed by atoms with Crippen molar-refractivity contribution in [1.82, 2.24) is 9.97 Å². The van der Waals surface area contributed by atoms with Crippen LogP contribution in [0.3, 0.4) is 0 Å². The molecule has 140 valence electrons. The number of fused-ring (bicyclic) bond motifs is 1. The quantitative estimate of drug-likeness (QED) is 0.462. The molecule has 0 fully saturated rings. The van der Waals surface area contributed by atoms with Gasteiger partial charge in [0.05, 0.1) is 18.3 Å². The smallest absolute Gasteiger partial charge is 0.230 e. The molecule has 0 saturated carbocycles. The maximum atomic E-state index is 12.4. The monoisotopic (exact) mass is 370 g/mol. The number of amides is 1. The number of hydrogen-bond acceptors (Lipinski definition) is 3. The lowest BCUT2D eigenvalue weighted by atomic mass is 10.1. The number of rotatable bonds is 6. The Bertz CT molecular complexity index is 1100. The predicted octanol–water partition coefficient (Wildman–Crippen LogP) is 4.66. The van der Waals surface area contributed by atoms with E-state index in [0.29, 0.717) is 12.2 Å². The lowest BCUT2D eigenvalue weighted by Gasteiger charge is -2.09. The summed E-state index contributed by atoms with van der Waals surface area (Å²) in [6, 6.07) is 20.0. The Morgan fingerprint density at radius 1 is 1.00 bits per heavy atom. The van der Waals surface area contributed by atoms with Gasteiger partial charge in [0, 0.05) is 23.6 Å². The molecular formula is C23H22N4O. The molecule has 2 aromatic heterocycles. The molecule has 0 aliphatic rings. The largest absolute Gasteiger partial charge is 0.380 e. The lowest BCUT2D eigenvalue weighted by Crippen LogP contribution is -2.15. The number of pyridine rings is 1. The van der Waals surface area contributed by atoms with Crippen molar-refractivity contribution in [3.05, 3.63) is 89.7 Å². The van der Waals surface area contributed by atoms with Gasteiger partial charge in [0.1, 0.15) is 5.82 Å². The third kappa shape index (κ3) is 4.04. The lowest BCUT2D eigenvalue weighted by molar-refractivity contribution is -0.115. The van der Waals surface area contributed by atoms with Crippen LogP contribution in [0, 0.1) is 6.92 Å². The summed E-state index contributed by atoms with van der Waals surface area (Å²) in [5, 5.41) is 7.29. The third-order valence-corrected chi connectivity index (χ3v) is 4.80. The zero-order chi connectivity index (χ0) is 19.3. The van der Waals surface area contributed by atoms with Gasteiger partial charge in [-0.15, -0.1) is 0 Å². The van der Waals surface area contributed by atoms with Crippen molar-refractivity contribution in [3.8, 4) is 0 Å². The number of nitrogens with zero attached hydrogens (tertiary/aromatic N) is 1. The highest BCUT2D eigenvalue weighted by Gasteiger charge is 2.09. The van der Waals surface area contributed by atoms with Crippen LogP contribution < -0.4 is 10.6 Å². The van der Waals surface area contributed by atoms with Crippen LogP contribution in [0.4, 0.5) is 11.5 Å². The number of para-hydroxylation sites is 1. The average molecular weight is 370 g/mol. The summed E-state index contributed by atoms with van der Waals surface area (Å²) in [5.41, 5.74) is 5.43. The van der Waals surface area contributed by atoms with E-state index in [-0.39, 0.29) is 5.91 Å². The summed E-state index contributed by atoms with van der Waals surface area (Å²) < 4.78 is 0. The SMILES string of the molecule is Cc1ccccc1CNc1ccc(NC(=O)Cc2c[nH]c3ccccc23)nc1. The van der Waals surface area contributed by atoms with E-state index in [1.165, 1.54) is 11.1 Å². The first kappa shape index (κ1) is 17.8. The van der Waals surface area contributed by atoms with E-state index in [1.807, 2.05) is 54.7 Å². The van der Waals surface area contributed by atoms with Crippen LogP contribution in [-0.4, -0.2) is 15.9 Å². The molecule has 0 atom stereocenters. The van der Waals surface area contributed by atoms with E-state index in [0.717, 1.165) is 28.7 Å². The van der Waals surface area contributed by atoms with Crippen LogP contribution in [0.15, 0.2) is 73.1 Å². The Hall–Kier alpha value is -3.60. The molecule has 4 rings (SSSR count). The van der Waals surface area contributed by atoms with Crippen molar-refractivity contribution >= 4 is 28.3 Å². The van der Waals surface area contributed by atoms with Gasteiger partial charge in [0.25, 0.3) is 0 Å². The van der Waals surface area contributed by atoms with Crippen LogP contribution in [0.25, 0.3) is 10.9 Å². The van der Waals surface area contributed by atoms with E-state index in [1.54, 1.807) is 6.20 Å². The fourth-order valence-electron chi connectivity index (χ4n) is 3.22. The highest BCUT2D eigenvalue weighted by Crippen LogP contribution is 2.19. The number of aromatic nitrogens is 2. The van der Waals surface area contributed by atoms with Crippen molar-refractivity contribution in [1.29, 1.82) is 0 Å². The van der Waals surface area contributed by atoms with Gasteiger partial charge in [-0.2, -0.15) is 0 Å². The molecular weight excluding hydrogens is 348 g/mol. The van der Waals surface area contributed by atoms with Crippen LogP contribution in [0.2, 0.25) is 0 Å². The number of H-pyrrole nitrogens is 1. The van der Waals surface area contributed by atoms with Crippen molar-refractivity contribution in [3.63, 3.8) is 0 Å². The number of aromatic amines is 1. The van der Waals surface area contributed by atoms with Crippen LogP contribution in [-0.2, 0) is 17.8 Å². The van der Waals surface area contributed by atoms with Gasteiger partial charge in [-0.3, -0.25) is 4.79 Å². The molecule has 4 aromatic rings. The second-order valence-corrected chi connectivity index (χ2v) is 6.80. The zero-order valence-electron chi connectivity index (χ0n) is 15.7. The number of anilines is 2. The molecule has 2 aromatic carbocycles. The Labute approximate surface area is 163 Å². The van der Waals surface area contributed by atoms with Gasteiger partial charge in [-0.1, -0.05) is 42.5 Å². The molecule has 0 bridgehead atoms. The first-order chi connectivity index (χ1) is 13.7. The van der Waals surface area contributed by atoms with Crippen LogP contribution >= 0.6 is 0 Å². The van der Waals surface area contributed by atoms with Gasteiger partial charge in [-0.25, -0.2) is 4.98 Å². The molecule has 5 heteroatoms. The average Bonchev–Trinajstić information content (AvgIpc) is 3.11. The highest BCUT2D eigenvalue weighted by molar-refractivity contribution is 5.95.